The van der Waals surface area contributed by atoms with Crippen molar-refractivity contribution >= 4 is 5.82 Å². The zero-order valence-corrected chi connectivity index (χ0v) is 10.3. The van der Waals surface area contributed by atoms with E-state index in [0.29, 0.717) is 5.41 Å². The Bertz CT molecular complexity index is 343. The molecular weight excluding hydrogens is 198 g/mol. The van der Waals surface area contributed by atoms with Crippen molar-refractivity contribution in [3.8, 4) is 0 Å². The van der Waals surface area contributed by atoms with E-state index in [-0.39, 0.29) is 0 Å². The number of nitrogens with zero attached hydrogens (tertiary/aromatic N) is 2. The van der Waals surface area contributed by atoms with Crippen molar-refractivity contribution < 1.29 is 0 Å². The smallest absolute Gasteiger partial charge is 0.129 e. The topological polar surface area (TPSA) is 37.8 Å². The van der Waals surface area contributed by atoms with E-state index in [4.69, 9.17) is 0 Å². The van der Waals surface area contributed by atoms with Crippen LogP contribution in [0.25, 0.3) is 0 Å². The van der Waals surface area contributed by atoms with Crippen LogP contribution in [0.2, 0.25) is 0 Å². The Labute approximate surface area is 97.7 Å². The van der Waals surface area contributed by atoms with Crippen LogP contribution in [0, 0.1) is 12.3 Å². The van der Waals surface area contributed by atoms with E-state index in [2.05, 4.69) is 22.2 Å². The highest BCUT2D eigenvalue weighted by Gasteiger charge is 2.31. The first-order chi connectivity index (χ1) is 7.74. The van der Waals surface area contributed by atoms with Gasteiger partial charge >= 0.3 is 0 Å². The second-order valence-corrected chi connectivity index (χ2v) is 4.90. The van der Waals surface area contributed by atoms with Crippen LogP contribution in [-0.2, 0) is 0 Å². The first kappa shape index (κ1) is 11.4. The lowest BCUT2D eigenvalue weighted by Gasteiger charge is -2.27. The minimum Gasteiger partial charge on any atom is -0.369 e. The highest BCUT2D eigenvalue weighted by atomic mass is 15.0. The Morgan fingerprint density at radius 2 is 2.12 bits per heavy atom. The molecule has 0 bridgehead atoms. The molecule has 1 N–H and O–H groups in total. The molecule has 1 aliphatic rings. The molecular formula is C13H21N3. The van der Waals surface area contributed by atoms with Gasteiger partial charge in [-0.3, -0.25) is 0 Å². The summed E-state index contributed by atoms with van der Waals surface area (Å²) in [6.45, 7) is 5.29. The standard InChI is InChI=1S/C13H21N3/c1-3-13(7-4-5-8-13)10-15-12-6-9-14-11(2)16-12/h6,9H,3-5,7-8,10H2,1-2H3,(H,14,15,16). The molecule has 2 rings (SSSR count). The van der Waals surface area contributed by atoms with Gasteiger partial charge in [0.15, 0.2) is 0 Å². The molecule has 0 amide bonds. The van der Waals surface area contributed by atoms with Gasteiger partial charge < -0.3 is 5.32 Å². The maximum absolute atomic E-state index is 4.38. The van der Waals surface area contributed by atoms with Gasteiger partial charge in [-0.1, -0.05) is 19.8 Å². The van der Waals surface area contributed by atoms with Gasteiger partial charge in [0.2, 0.25) is 0 Å². The van der Waals surface area contributed by atoms with E-state index in [0.717, 1.165) is 18.2 Å². The van der Waals surface area contributed by atoms with Gasteiger partial charge in [-0.25, -0.2) is 9.97 Å². The van der Waals surface area contributed by atoms with E-state index >= 15 is 0 Å². The monoisotopic (exact) mass is 219 g/mol. The molecule has 0 aliphatic heterocycles. The van der Waals surface area contributed by atoms with Gasteiger partial charge in [-0.2, -0.15) is 0 Å². The summed E-state index contributed by atoms with van der Waals surface area (Å²) < 4.78 is 0. The second-order valence-electron chi connectivity index (χ2n) is 4.90. The molecule has 0 atom stereocenters. The van der Waals surface area contributed by atoms with Gasteiger partial charge in [0.25, 0.3) is 0 Å². The zero-order valence-electron chi connectivity index (χ0n) is 10.3. The summed E-state index contributed by atoms with van der Waals surface area (Å²) in [5.74, 6) is 1.80. The predicted octanol–water partition coefficient (Wildman–Crippen LogP) is 3.17. The van der Waals surface area contributed by atoms with Gasteiger partial charge in [0, 0.05) is 12.7 Å². The fourth-order valence-electron chi connectivity index (χ4n) is 2.61. The minimum atomic E-state index is 0.513. The first-order valence-electron chi connectivity index (χ1n) is 6.28. The molecule has 0 aromatic carbocycles. The van der Waals surface area contributed by atoms with Gasteiger partial charge in [0.1, 0.15) is 11.6 Å². The third-order valence-electron chi connectivity index (χ3n) is 3.83. The normalized spacial score (nSPS) is 18.6. The Morgan fingerprint density at radius 3 is 2.75 bits per heavy atom. The molecule has 1 fully saturated rings. The number of hydrogen-bond acceptors (Lipinski definition) is 3. The SMILES string of the molecule is CCC1(CNc2ccnc(C)n2)CCCC1. The summed E-state index contributed by atoms with van der Waals surface area (Å²) in [6.07, 6.45) is 8.58. The largest absolute Gasteiger partial charge is 0.369 e. The number of anilines is 1. The van der Waals surface area contributed by atoms with Gasteiger partial charge in [0.05, 0.1) is 0 Å². The first-order valence-corrected chi connectivity index (χ1v) is 6.28. The van der Waals surface area contributed by atoms with Crippen LogP contribution < -0.4 is 5.32 Å². The van der Waals surface area contributed by atoms with E-state index < -0.39 is 0 Å². The lowest BCUT2D eigenvalue weighted by molar-refractivity contribution is 0.306. The third kappa shape index (κ3) is 2.52. The van der Waals surface area contributed by atoms with Crippen molar-refractivity contribution in [2.24, 2.45) is 5.41 Å². The van der Waals surface area contributed by atoms with Crippen LogP contribution in [0.15, 0.2) is 12.3 Å². The number of aryl methyl sites for hydroxylation is 1. The number of hydrogen-bond donors (Lipinski definition) is 1. The van der Waals surface area contributed by atoms with Crippen molar-refractivity contribution in [1.82, 2.24) is 9.97 Å². The Hall–Kier alpha value is -1.12. The van der Waals surface area contributed by atoms with Crippen molar-refractivity contribution in [1.29, 1.82) is 0 Å². The van der Waals surface area contributed by atoms with Crippen LogP contribution in [0.1, 0.15) is 44.9 Å². The predicted molar refractivity (Wildman–Crippen MR) is 66.5 cm³/mol. The average molecular weight is 219 g/mol. The maximum atomic E-state index is 4.38. The lowest BCUT2D eigenvalue weighted by atomic mass is 9.83. The molecule has 1 saturated carbocycles. The number of rotatable bonds is 4. The fraction of sp³-hybridized carbons (Fsp3) is 0.692. The molecule has 1 aromatic heterocycles. The van der Waals surface area contributed by atoms with Crippen molar-refractivity contribution in [3.05, 3.63) is 18.1 Å². The summed E-state index contributed by atoms with van der Waals surface area (Å²) in [7, 11) is 0. The highest BCUT2D eigenvalue weighted by Crippen LogP contribution is 2.40. The minimum absolute atomic E-state index is 0.513. The number of nitrogens with one attached hydrogen (secondary N) is 1. The summed E-state index contributed by atoms with van der Waals surface area (Å²) in [4.78, 5) is 8.48. The van der Waals surface area contributed by atoms with E-state index in [1.807, 2.05) is 19.2 Å². The Morgan fingerprint density at radius 1 is 1.38 bits per heavy atom. The lowest BCUT2D eigenvalue weighted by Crippen LogP contribution is -2.26. The van der Waals surface area contributed by atoms with Crippen LogP contribution in [-0.4, -0.2) is 16.5 Å². The Balaban J connectivity index is 1.95. The number of aromatic nitrogens is 2. The van der Waals surface area contributed by atoms with Crippen LogP contribution >= 0.6 is 0 Å². The van der Waals surface area contributed by atoms with E-state index in [1.165, 1.54) is 32.1 Å². The van der Waals surface area contributed by atoms with Crippen molar-refractivity contribution in [2.45, 2.75) is 46.0 Å². The molecule has 0 spiro atoms. The van der Waals surface area contributed by atoms with Crippen LogP contribution in [0.4, 0.5) is 5.82 Å². The van der Waals surface area contributed by atoms with Crippen LogP contribution in [0.5, 0.6) is 0 Å². The third-order valence-corrected chi connectivity index (χ3v) is 3.83. The molecule has 16 heavy (non-hydrogen) atoms. The molecule has 88 valence electrons. The van der Waals surface area contributed by atoms with Crippen molar-refractivity contribution in [3.63, 3.8) is 0 Å². The summed E-state index contributed by atoms with van der Waals surface area (Å²) in [6, 6.07) is 1.95. The van der Waals surface area contributed by atoms with Gasteiger partial charge in [-0.15, -0.1) is 0 Å². The molecule has 1 aliphatic carbocycles. The molecule has 0 radical (unpaired) electrons. The molecule has 1 heterocycles. The second kappa shape index (κ2) is 4.81. The zero-order chi connectivity index (χ0) is 11.4. The fourth-order valence-corrected chi connectivity index (χ4v) is 2.61. The average Bonchev–Trinajstić information content (AvgIpc) is 2.76. The maximum Gasteiger partial charge on any atom is 0.129 e. The van der Waals surface area contributed by atoms with Crippen LogP contribution in [0.3, 0.4) is 0 Å². The molecule has 3 heteroatoms. The Kier molecular flexibility index (Phi) is 3.42. The summed E-state index contributed by atoms with van der Waals surface area (Å²) in [5, 5.41) is 3.47. The van der Waals surface area contributed by atoms with Crippen molar-refractivity contribution in [2.75, 3.05) is 11.9 Å². The van der Waals surface area contributed by atoms with Gasteiger partial charge in [-0.05, 0) is 37.7 Å². The summed E-state index contributed by atoms with van der Waals surface area (Å²) >= 11 is 0. The van der Waals surface area contributed by atoms with E-state index in [9.17, 15) is 0 Å². The molecule has 0 saturated heterocycles. The molecule has 1 aromatic rings. The molecule has 3 nitrogen and oxygen atoms in total. The highest BCUT2D eigenvalue weighted by molar-refractivity contribution is 5.33. The molecule has 0 unspecified atom stereocenters. The quantitative estimate of drug-likeness (QED) is 0.845. The summed E-state index contributed by atoms with van der Waals surface area (Å²) in [5.41, 5.74) is 0.513. The van der Waals surface area contributed by atoms with E-state index in [1.54, 1.807) is 0 Å².